The molecule has 0 spiro atoms. The maximum absolute atomic E-state index is 4.84. The summed E-state index contributed by atoms with van der Waals surface area (Å²) in [5, 5.41) is 7.16. The summed E-state index contributed by atoms with van der Waals surface area (Å²) in [5.74, 6) is 1.54. The van der Waals surface area contributed by atoms with E-state index in [1.54, 1.807) is 0 Å². The Hall–Kier alpha value is -2.88. The quantitative estimate of drug-likeness (QED) is 0.521. The molecule has 0 atom stereocenters. The van der Waals surface area contributed by atoms with Crippen molar-refractivity contribution in [2.75, 3.05) is 10.6 Å². The Morgan fingerprint density at radius 2 is 1.52 bits per heavy atom. The van der Waals surface area contributed by atoms with Crippen LogP contribution in [0.25, 0.3) is 11.3 Å². The molecular weight excluding hydrogens is 356 g/mol. The van der Waals surface area contributed by atoms with E-state index in [2.05, 4.69) is 55.7 Å². The van der Waals surface area contributed by atoms with Crippen molar-refractivity contribution in [2.24, 2.45) is 0 Å². The minimum Gasteiger partial charge on any atom is -0.351 e. The van der Waals surface area contributed by atoms with Gasteiger partial charge >= 0.3 is 0 Å². The number of anilines is 3. The van der Waals surface area contributed by atoms with Gasteiger partial charge in [-0.3, -0.25) is 0 Å². The number of aryl methyl sites for hydroxylation is 3. The van der Waals surface area contributed by atoms with Gasteiger partial charge in [-0.1, -0.05) is 67.3 Å². The fraction of sp³-hybridized carbons (Fsp3) is 0.360. The standard InChI is InChI=1S/C25H30N4/c1-17-14-18(2)24(19(3)15-17)28-23-16-22(20-10-6-4-7-11-20)27-25(29-23)26-21-12-8-5-9-13-21/h4,6-7,10-11,14-16,21H,5,8-9,12-13H2,1-3H3,(H2,26,27,28,29). The third kappa shape index (κ3) is 4.76. The molecule has 4 heteroatoms. The van der Waals surface area contributed by atoms with E-state index in [0.29, 0.717) is 12.0 Å². The lowest BCUT2D eigenvalue weighted by atomic mass is 9.96. The summed E-state index contributed by atoms with van der Waals surface area (Å²) >= 11 is 0. The van der Waals surface area contributed by atoms with Crippen LogP contribution in [0.2, 0.25) is 0 Å². The van der Waals surface area contributed by atoms with Gasteiger partial charge in [0, 0.05) is 23.4 Å². The van der Waals surface area contributed by atoms with Crippen molar-refractivity contribution in [2.45, 2.75) is 58.9 Å². The van der Waals surface area contributed by atoms with Crippen LogP contribution in [-0.2, 0) is 0 Å². The first-order valence-electron chi connectivity index (χ1n) is 10.6. The van der Waals surface area contributed by atoms with Gasteiger partial charge in [-0.05, 0) is 44.7 Å². The molecule has 29 heavy (non-hydrogen) atoms. The van der Waals surface area contributed by atoms with Crippen LogP contribution in [0.4, 0.5) is 17.5 Å². The van der Waals surface area contributed by atoms with E-state index >= 15 is 0 Å². The maximum atomic E-state index is 4.84. The molecule has 0 amide bonds. The summed E-state index contributed by atoms with van der Waals surface area (Å²) in [7, 11) is 0. The second-order valence-corrected chi connectivity index (χ2v) is 8.21. The summed E-state index contributed by atoms with van der Waals surface area (Å²) in [4.78, 5) is 9.66. The summed E-state index contributed by atoms with van der Waals surface area (Å²) in [5.41, 5.74) is 6.88. The van der Waals surface area contributed by atoms with Gasteiger partial charge in [-0.25, -0.2) is 4.98 Å². The Morgan fingerprint density at radius 1 is 0.828 bits per heavy atom. The predicted octanol–water partition coefficient (Wildman–Crippen LogP) is 6.56. The van der Waals surface area contributed by atoms with Crippen LogP contribution in [-0.4, -0.2) is 16.0 Å². The fourth-order valence-electron chi connectivity index (χ4n) is 4.27. The molecule has 150 valence electrons. The van der Waals surface area contributed by atoms with Crippen molar-refractivity contribution < 1.29 is 0 Å². The Kier molecular flexibility index (Phi) is 5.79. The third-order valence-electron chi connectivity index (χ3n) is 5.66. The Bertz CT molecular complexity index is 952. The highest BCUT2D eigenvalue weighted by atomic mass is 15.2. The average Bonchev–Trinajstić information content (AvgIpc) is 2.72. The van der Waals surface area contributed by atoms with Crippen LogP contribution in [0.1, 0.15) is 48.8 Å². The zero-order valence-electron chi connectivity index (χ0n) is 17.6. The molecule has 1 saturated carbocycles. The summed E-state index contributed by atoms with van der Waals surface area (Å²) < 4.78 is 0. The van der Waals surface area contributed by atoms with E-state index in [0.717, 1.165) is 22.8 Å². The van der Waals surface area contributed by atoms with E-state index in [1.165, 1.54) is 48.8 Å². The molecule has 4 nitrogen and oxygen atoms in total. The number of benzene rings is 2. The molecule has 1 aromatic heterocycles. The SMILES string of the molecule is Cc1cc(C)c(Nc2cc(-c3ccccc3)nc(NC3CCCCC3)n2)c(C)c1. The molecule has 0 saturated heterocycles. The average molecular weight is 387 g/mol. The van der Waals surface area contributed by atoms with Gasteiger partial charge in [0.05, 0.1) is 5.69 Å². The van der Waals surface area contributed by atoms with Crippen LogP contribution in [0.5, 0.6) is 0 Å². The first-order chi connectivity index (χ1) is 14.1. The van der Waals surface area contributed by atoms with Crippen LogP contribution in [0, 0.1) is 20.8 Å². The largest absolute Gasteiger partial charge is 0.351 e. The molecule has 1 aliphatic carbocycles. The van der Waals surface area contributed by atoms with E-state index < -0.39 is 0 Å². The predicted molar refractivity (Wildman–Crippen MR) is 122 cm³/mol. The van der Waals surface area contributed by atoms with Crippen molar-refractivity contribution in [1.82, 2.24) is 9.97 Å². The molecule has 2 aromatic carbocycles. The first-order valence-corrected chi connectivity index (χ1v) is 10.6. The molecule has 4 rings (SSSR count). The van der Waals surface area contributed by atoms with Gasteiger partial charge in [0.15, 0.2) is 0 Å². The number of rotatable bonds is 5. The molecule has 0 aliphatic heterocycles. The van der Waals surface area contributed by atoms with Gasteiger partial charge < -0.3 is 10.6 Å². The van der Waals surface area contributed by atoms with Crippen LogP contribution >= 0.6 is 0 Å². The van der Waals surface area contributed by atoms with Crippen molar-refractivity contribution >= 4 is 17.5 Å². The van der Waals surface area contributed by atoms with Gasteiger partial charge in [-0.15, -0.1) is 0 Å². The molecule has 0 bridgehead atoms. The number of hydrogen-bond donors (Lipinski definition) is 2. The lowest BCUT2D eigenvalue weighted by Crippen LogP contribution is -2.23. The Balaban J connectivity index is 1.69. The van der Waals surface area contributed by atoms with Gasteiger partial charge in [0.2, 0.25) is 5.95 Å². The zero-order valence-corrected chi connectivity index (χ0v) is 17.6. The van der Waals surface area contributed by atoms with E-state index in [1.807, 2.05) is 24.3 Å². The molecule has 1 fully saturated rings. The molecule has 2 N–H and O–H groups in total. The van der Waals surface area contributed by atoms with E-state index in [-0.39, 0.29) is 0 Å². The highest BCUT2D eigenvalue weighted by molar-refractivity contribution is 5.70. The highest BCUT2D eigenvalue weighted by Gasteiger charge is 2.16. The van der Waals surface area contributed by atoms with Crippen molar-refractivity contribution in [1.29, 1.82) is 0 Å². The van der Waals surface area contributed by atoms with E-state index in [4.69, 9.17) is 9.97 Å². The zero-order chi connectivity index (χ0) is 20.2. The lowest BCUT2D eigenvalue weighted by molar-refractivity contribution is 0.461. The van der Waals surface area contributed by atoms with Crippen LogP contribution in [0.3, 0.4) is 0 Å². The Labute approximate surface area is 173 Å². The lowest BCUT2D eigenvalue weighted by Gasteiger charge is -2.23. The molecule has 0 unspecified atom stereocenters. The summed E-state index contributed by atoms with van der Waals surface area (Å²) in [6.45, 7) is 6.42. The number of aromatic nitrogens is 2. The van der Waals surface area contributed by atoms with Crippen LogP contribution < -0.4 is 10.6 Å². The third-order valence-corrected chi connectivity index (χ3v) is 5.66. The molecule has 1 heterocycles. The van der Waals surface area contributed by atoms with E-state index in [9.17, 15) is 0 Å². The Morgan fingerprint density at radius 3 is 2.21 bits per heavy atom. The van der Waals surface area contributed by atoms with Crippen molar-refractivity contribution in [3.05, 3.63) is 65.2 Å². The maximum Gasteiger partial charge on any atom is 0.225 e. The number of hydrogen-bond acceptors (Lipinski definition) is 4. The molecular formula is C25H30N4. The van der Waals surface area contributed by atoms with Crippen LogP contribution in [0.15, 0.2) is 48.5 Å². The summed E-state index contributed by atoms with van der Waals surface area (Å²) in [6, 6.07) is 17.2. The normalized spacial score (nSPS) is 14.6. The first kappa shape index (κ1) is 19.4. The monoisotopic (exact) mass is 386 g/mol. The molecule has 3 aromatic rings. The van der Waals surface area contributed by atoms with Gasteiger partial charge in [0.25, 0.3) is 0 Å². The second-order valence-electron chi connectivity index (χ2n) is 8.21. The second kappa shape index (κ2) is 8.64. The number of nitrogens with zero attached hydrogens (tertiary/aromatic N) is 2. The topological polar surface area (TPSA) is 49.8 Å². The molecule has 1 aliphatic rings. The minimum absolute atomic E-state index is 0.463. The molecule has 0 radical (unpaired) electrons. The smallest absolute Gasteiger partial charge is 0.225 e. The van der Waals surface area contributed by atoms with Gasteiger partial charge in [-0.2, -0.15) is 4.98 Å². The fourth-order valence-corrected chi connectivity index (χ4v) is 4.27. The number of nitrogens with one attached hydrogen (secondary N) is 2. The minimum atomic E-state index is 0.463. The summed E-state index contributed by atoms with van der Waals surface area (Å²) in [6.07, 6.45) is 6.28. The highest BCUT2D eigenvalue weighted by Crippen LogP contribution is 2.29. The van der Waals surface area contributed by atoms with Crippen molar-refractivity contribution in [3.63, 3.8) is 0 Å². The van der Waals surface area contributed by atoms with Gasteiger partial charge in [0.1, 0.15) is 5.82 Å². The van der Waals surface area contributed by atoms with Crippen molar-refractivity contribution in [3.8, 4) is 11.3 Å².